The van der Waals surface area contributed by atoms with Crippen molar-refractivity contribution in [3.63, 3.8) is 0 Å². The summed E-state index contributed by atoms with van der Waals surface area (Å²) in [4.78, 5) is 90.7. The van der Waals surface area contributed by atoms with E-state index in [0.29, 0.717) is 25.0 Å². The smallest absolute Gasteiger partial charge is 0.246 e. The fourth-order valence-electron chi connectivity index (χ4n) is 6.00. The van der Waals surface area contributed by atoms with Gasteiger partial charge in [-0.2, -0.15) is 11.8 Å². The van der Waals surface area contributed by atoms with Gasteiger partial charge in [-0.3, -0.25) is 33.6 Å². The van der Waals surface area contributed by atoms with Crippen LogP contribution >= 0.6 is 11.8 Å². The summed E-state index contributed by atoms with van der Waals surface area (Å²) in [7, 11) is 0. The fourth-order valence-corrected chi connectivity index (χ4v) is 6.47. The highest BCUT2D eigenvalue weighted by Gasteiger charge is 2.32. The van der Waals surface area contributed by atoms with Crippen molar-refractivity contribution in [2.24, 2.45) is 23.3 Å². The first kappa shape index (κ1) is 47.5. The minimum atomic E-state index is -1.30. The lowest BCUT2D eigenvalue weighted by atomic mass is 9.84. The monoisotopic (exact) mass is 771 g/mol. The molecule has 1 saturated carbocycles. The number of rotatable bonds is 24. The Morgan fingerprint density at radius 1 is 0.679 bits per heavy atom. The minimum Gasteiger partial charge on any atom is -0.394 e. The Morgan fingerprint density at radius 2 is 1.17 bits per heavy atom. The SMILES string of the molecule is CSCC[C@H](NC(=O)[C@H](C)NC(=O)[C@H](CCCN)NC(=O)[C@H](CC1CCCCC1)NC(C)=O)C(=O)N[C@@H](C)C(=O)N[C@@H](CO)C(=O)N[C@H](N)CC(C)C. The number of amides is 7. The van der Waals surface area contributed by atoms with Crippen molar-refractivity contribution in [1.82, 2.24) is 37.2 Å². The topological polar surface area (TPSA) is 276 Å². The molecule has 0 spiro atoms. The molecule has 1 rings (SSSR count). The van der Waals surface area contributed by atoms with Gasteiger partial charge in [0, 0.05) is 6.92 Å². The summed E-state index contributed by atoms with van der Waals surface area (Å²) < 4.78 is 0. The number of aliphatic hydroxyl groups excluding tert-OH is 1. The second kappa shape index (κ2) is 25.5. The number of carbonyl (C=O) groups excluding carboxylic acids is 7. The summed E-state index contributed by atoms with van der Waals surface area (Å²) in [6.45, 7) is 7.58. The van der Waals surface area contributed by atoms with Crippen molar-refractivity contribution in [2.45, 2.75) is 141 Å². The summed E-state index contributed by atoms with van der Waals surface area (Å²) >= 11 is 1.44. The highest BCUT2D eigenvalue weighted by atomic mass is 32.2. The zero-order chi connectivity index (χ0) is 40.1. The number of carbonyl (C=O) groups is 7. The van der Waals surface area contributed by atoms with Gasteiger partial charge in [0.25, 0.3) is 0 Å². The third kappa shape index (κ3) is 18.9. The van der Waals surface area contributed by atoms with Gasteiger partial charge in [0.2, 0.25) is 41.4 Å². The van der Waals surface area contributed by atoms with E-state index in [4.69, 9.17) is 11.5 Å². The van der Waals surface area contributed by atoms with Gasteiger partial charge in [0.05, 0.1) is 12.8 Å². The molecule has 0 unspecified atom stereocenters. The number of thioether (sulfide) groups is 1. The number of aliphatic hydroxyl groups is 1. The largest absolute Gasteiger partial charge is 0.394 e. The predicted octanol–water partition coefficient (Wildman–Crippen LogP) is -1.14. The highest BCUT2D eigenvalue weighted by Crippen LogP contribution is 2.27. The molecule has 0 radical (unpaired) electrons. The predicted molar refractivity (Wildman–Crippen MR) is 204 cm³/mol. The van der Waals surface area contributed by atoms with Crippen LogP contribution in [0.3, 0.4) is 0 Å². The first-order valence-electron chi connectivity index (χ1n) is 18.7. The average molecular weight is 772 g/mol. The van der Waals surface area contributed by atoms with E-state index in [1.54, 1.807) is 0 Å². The zero-order valence-corrected chi connectivity index (χ0v) is 33.1. The molecule has 304 valence electrons. The van der Waals surface area contributed by atoms with Gasteiger partial charge >= 0.3 is 0 Å². The lowest BCUT2D eigenvalue weighted by Crippen LogP contribution is -2.59. The van der Waals surface area contributed by atoms with E-state index < -0.39 is 84.5 Å². The van der Waals surface area contributed by atoms with Crippen molar-refractivity contribution in [3.05, 3.63) is 0 Å². The number of nitrogens with one attached hydrogen (secondary N) is 7. The molecule has 0 aliphatic heterocycles. The molecule has 7 amide bonds. The third-order valence-corrected chi connectivity index (χ3v) is 9.58. The highest BCUT2D eigenvalue weighted by molar-refractivity contribution is 7.98. The molecule has 0 saturated heterocycles. The van der Waals surface area contributed by atoms with Crippen molar-refractivity contribution in [3.8, 4) is 0 Å². The molecule has 1 fully saturated rings. The van der Waals surface area contributed by atoms with E-state index in [-0.39, 0.29) is 37.1 Å². The van der Waals surface area contributed by atoms with Crippen LogP contribution < -0.4 is 48.7 Å². The Balaban J connectivity index is 2.91. The third-order valence-electron chi connectivity index (χ3n) is 8.93. The lowest BCUT2D eigenvalue weighted by molar-refractivity contribution is -0.135. The molecule has 18 heteroatoms. The zero-order valence-electron chi connectivity index (χ0n) is 32.3. The first-order chi connectivity index (χ1) is 25.0. The molecule has 0 bridgehead atoms. The second-order valence-electron chi connectivity index (χ2n) is 14.3. The van der Waals surface area contributed by atoms with Gasteiger partial charge < -0.3 is 53.8 Å². The van der Waals surface area contributed by atoms with Crippen LogP contribution in [0.15, 0.2) is 0 Å². The molecule has 53 heavy (non-hydrogen) atoms. The normalized spacial score (nSPS) is 17.2. The quantitative estimate of drug-likeness (QED) is 0.0524. The van der Waals surface area contributed by atoms with E-state index >= 15 is 0 Å². The van der Waals surface area contributed by atoms with Crippen LogP contribution in [0.25, 0.3) is 0 Å². The van der Waals surface area contributed by atoms with Crippen LogP contribution in [0, 0.1) is 11.8 Å². The van der Waals surface area contributed by atoms with Gasteiger partial charge in [-0.15, -0.1) is 0 Å². The van der Waals surface area contributed by atoms with Crippen LogP contribution in [-0.4, -0.2) is 114 Å². The number of nitrogens with two attached hydrogens (primary N) is 2. The summed E-state index contributed by atoms with van der Waals surface area (Å²) in [6.07, 6.45) is 8.10. The number of hydrogen-bond donors (Lipinski definition) is 10. The Kier molecular flexibility index (Phi) is 22.9. The van der Waals surface area contributed by atoms with Crippen LogP contribution in [-0.2, 0) is 33.6 Å². The van der Waals surface area contributed by atoms with E-state index in [0.717, 1.165) is 32.1 Å². The number of hydrogen-bond acceptors (Lipinski definition) is 11. The van der Waals surface area contributed by atoms with Crippen molar-refractivity contribution >= 4 is 53.1 Å². The Hall–Kier alpha value is -3.48. The summed E-state index contributed by atoms with van der Waals surface area (Å²) in [5.74, 6) is -3.28. The van der Waals surface area contributed by atoms with E-state index in [1.807, 2.05) is 20.1 Å². The molecule has 12 N–H and O–H groups in total. The molecule has 0 aromatic heterocycles. The molecular formula is C35H65N9O8S. The molecule has 0 aromatic rings. The van der Waals surface area contributed by atoms with Crippen LogP contribution in [0.5, 0.6) is 0 Å². The molecule has 1 aliphatic rings. The summed E-state index contributed by atoms with van der Waals surface area (Å²) in [5.41, 5.74) is 11.6. The second-order valence-corrected chi connectivity index (χ2v) is 15.3. The fraction of sp³-hybridized carbons (Fsp3) is 0.800. The van der Waals surface area contributed by atoms with Crippen LogP contribution in [0.1, 0.15) is 98.8 Å². The molecule has 1 aliphatic carbocycles. The molecule has 0 heterocycles. The minimum absolute atomic E-state index is 0.195. The summed E-state index contributed by atoms with van der Waals surface area (Å²) in [6, 6.07) is -6.50. The maximum Gasteiger partial charge on any atom is 0.246 e. The van der Waals surface area contributed by atoms with Crippen LogP contribution in [0.2, 0.25) is 0 Å². The molecule has 17 nitrogen and oxygen atoms in total. The Bertz CT molecular complexity index is 1200. The van der Waals surface area contributed by atoms with Gasteiger partial charge in [0.15, 0.2) is 0 Å². The standard InChI is InChI=1S/C35H65N9O8S/c1-20(2)17-29(37)44-35(52)28(19-45)43-31(48)22(4)39-33(50)26(14-16-53-6)41-30(47)21(3)38-32(49)25(13-10-15-36)42-34(51)27(40-23(5)46)18-24-11-8-7-9-12-24/h20-22,24-29,45H,7-19,36-37H2,1-6H3,(H,38,49)(H,39,50)(H,40,46)(H,41,47)(H,42,51)(H,43,48)(H,44,52)/t21-,22-,25-,26-,27-,28-,29-/m0/s1. The Labute approximate surface area is 318 Å². The van der Waals surface area contributed by atoms with Gasteiger partial charge in [0.1, 0.15) is 36.3 Å². The van der Waals surface area contributed by atoms with Crippen molar-refractivity contribution in [2.75, 3.05) is 25.2 Å². The summed E-state index contributed by atoms with van der Waals surface area (Å²) in [5, 5.41) is 27.9. The average Bonchev–Trinajstić information content (AvgIpc) is 3.09. The van der Waals surface area contributed by atoms with E-state index in [2.05, 4.69) is 37.2 Å². The van der Waals surface area contributed by atoms with Crippen molar-refractivity contribution < 1.29 is 38.7 Å². The van der Waals surface area contributed by atoms with Gasteiger partial charge in [-0.25, -0.2) is 0 Å². The lowest BCUT2D eigenvalue weighted by Gasteiger charge is -2.28. The van der Waals surface area contributed by atoms with Gasteiger partial charge in [-0.1, -0.05) is 46.0 Å². The maximum absolute atomic E-state index is 13.4. The maximum atomic E-state index is 13.4. The molecular weight excluding hydrogens is 707 g/mol. The van der Waals surface area contributed by atoms with Gasteiger partial charge in [-0.05, 0) is 76.3 Å². The first-order valence-corrected chi connectivity index (χ1v) is 20.1. The molecule has 7 atom stereocenters. The van der Waals surface area contributed by atoms with Crippen molar-refractivity contribution in [1.29, 1.82) is 0 Å². The Morgan fingerprint density at radius 3 is 1.66 bits per heavy atom. The molecule has 0 aromatic carbocycles. The van der Waals surface area contributed by atoms with E-state index in [1.165, 1.54) is 32.5 Å². The van der Waals surface area contributed by atoms with Crippen LogP contribution in [0.4, 0.5) is 0 Å². The van der Waals surface area contributed by atoms with E-state index in [9.17, 15) is 38.7 Å².